The number of rotatable bonds is 1. The van der Waals surface area contributed by atoms with Crippen LogP contribution < -0.4 is 0 Å². The van der Waals surface area contributed by atoms with Gasteiger partial charge in [-0.15, -0.1) is 0 Å². The van der Waals surface area contributed by atoms with Crippen LogP contribution in [-0.2, 0) is 11.8 Å². The van der Waals surface area contributed by atoms with E-state index in [0.29, 0.717) is 5.41 Å². The molecular formula is C22H38. The minimum absolute atomic E-state index is 0.223. The van der Waals surface area contributed by atoms with Gasteiger partial charge in [-0.25, -0.2) is 0 Å². The maximum atomic E-state index is 2.49. The van der Waals surface area contributed by atoms with Gasteiger partial charge in [0.05, 0.1) is 0 Å². The first-order valence-electron chi connectivity index (χ1n) is 9.10. The third kappa shape index (κ3) is 2.43. The maximum absolute atomic E-state index is 2.49. The highest BCUT2D eigenvalue weighted by molar-refractivity contribution is 5.39. The van der Waals surface area contributed by atoms with Crippen molar-refractivity contribution in [2.24, 2.45) is 16.2 Å². The van der Waals surface area contributed by atoms with E-state index in [4.69, 9.17) is 0 Å². The first kappa shape index (κ1) is 19.3. The summed E-state index contributed by atoms with van der Waals surface area (Å²) in [5.41, 5.74) is 4.15. The minimum Gasteiger partial charge on any atom is -0.0683 e. The molecule has 1 aliphatic rings. The molecule has 1 aromatic carbocycles. The molecule has 1 atom stereocenters. The van der Waals surface area contributed by atoms with Crippen LogP contribution in [0.2, 0.25) is 0 Å². The van der Waals surface area contributed by atoms with E-state index in [9.17, 15) is 0 Å². The van der Waals surface area contributed by atoms with Crippen LogP contribution in [0.15, 0.2) is 24.3 Å². The molecule has 2 rings (SSSR count). The van der Waals surface area contributed by atoms with Gasteiger partial charge in [0.2, 0.25) is 0 Å². The zero-order chi connectivity index (χ0) is 17.4. The van der Waals surface area contributed by atoms with Crippen LogP contribution >= 0.6 is 0 Å². The predicted molar refractivity (Wildman–Crippen MR) is 100 cm³/mol. The van der Waals surface area contributed by atoms with Gasteiger partial charge in [-0.3, -0.25) is 0 Å². The van der Waals surface area contributed by atoms with Crippen molar-refractivity contribution in [2.45, 2.75) is 87.5 Å². The second-order valence-electron chi connectivity index (χ2n) is 8.65. The largest absolute Gasteiger partial charge is 0.0683 e. The van der Waals surface area contributed by atoms with Crippen molar-refractivity contribution in [1.29, 1.82) is 0 Å². The molecule has 0 saturated heterocycles. The highest BCUT2D eigenvalue weighted by Gasteiger charge is 2.58. The van der Waals surface area contributed by atoms with Gasteiger partial charge in [-0.2, -0.15) is 0 Å². The van der Waals surface area contributed by atoms with Crippen LogP contribution in [0.25, 0.3) is 0 Å². The summed E-state index contributed by atoms with van der Waals surface area (Å²) >= 11 is 0. The third-order valence-electron chi connectivity index (χ3n) is 7.59. The second-order valence-corrected chi connectivity index (χ2v) is 8.65. The molecule has 0 heteroatoms. The zero-order valence-corrected chi connectivity index (χ0v) is 16.7. The van der Waals surface area contributed by atoms with E-state index < -0.39 is 0 Å². The molecule has 126 valence electrons. The Morgan fingerprint density at radius 2 is 1.32 bits per heavy atom. The lowest BCUT2D eigenvalue weighted by Crippen LogP contribution is -2.53. The topological polar surface area (TPSA) is 0 Å². The summed E-state index contributed by atoms with van der Waals surface area (Å²) in [6.45, 7) is 23.7. The Balaban J connectivity index is 0.00000116. The highest BCUT2D eigenvalue weighted by atomic mass is 14.6. The van der Waals surface area contributed by atoms with E-state index >= 15 is 0 Å². The molecule has 0 amide bonds. The van der Waals surface area contributed by atoms with Crippen molar-refractivity contribution < 1.29 is 0 Å². The Bertz CT molecular complexity index is 505. The predicted octanol–water partition coefficient (Wildman–Crippen LogP) is 7.02. The molecule has 0 aliphatic heterocycles. The summed E-state index contributed by atoms with van der Waals surface area (Å²) in [6.07, 6.45) is 2.37. The van der Waals surface area contributed by atoms with Gasteiger partial charge in [-0.05, 0) is 45.6 Å². The monoisotopic (exact) mass is 302 g/mol. The highest BCUT2D eigenvalue weighted by Crippen LogP contribution is 2.64. The van der Waals surface area contributed by atoms with Gasteiger partial charge in [0.1, 0.15) is 0 Å². The van der Waals surface area contributed by atoms with Gasteiger partial charge in [0.15, 0.2) is 0 Å². The summed E-state index contributed by atoms with van der Waals surface area (Å²) in [7, 11) is 0. The van der Waals surface area contributed by atoms with Crippen LogP contribution in [0.1, 0.15) is 86.8 Å². The summed E-state index contributed by atoms with van der Waals surface area (Å²) in [5.74, 6) is 0. The van der Waals surface area contributed by atoms with Gasteiger partial charge < -0.3 is 0 Å². The fraction of sp³-hybridized carbons (Fsp3) is 0.727. The maximum Gasteiger partial charge on any atom is -0.00188 e. The second kappa shape index (κ2) is 6.02. The fourth-order valence-corrected chi connectivity index (χ4v) is 4.41. The molecular weight excluding hydrogens is 264 g/mol. The van der Waals surface area contributed by atoms with Gasteiger partial charge in [0, 0.05) is 0 Å². The Kier molecular flexibility index (Phi) is 5.27. The van der Waals surface area contributed by atoms with Crippen molar-refractivity contribution in [3.05, 3.63) is 35.4 Å². The van der Waals surface area contributed by atoms with Crippen LogP contribution in [0.5, 0.6) is 0 Å². The van der Waals surface area contributed by atoms with E-state index in [1.165, 1.54) is 12.8 Å². The normalized spacial score (nSPS) is 27.9. The first-order chi connectivity index (χ1) is 10.0. The molecule has 0 saturated carbocycles. The molecule has 0 aromatic heterocycles. The third-order valence-corrected chi connectivity index (χ3v) is 7.59. The Labute approximate surface area is 139 Å². The number of hydrogen-bond donors (Lipinski definition) is 0. The lowest BCUT2D eigenvalue weighted by atomic mass is 9.46. The standard InChI is InChI=1S/C20H32.C2H6/c1-9-20(8)16-13-11-10-12-15(16)14-17(2,3)18(4,5)19(20,6)7;1-2/h10-13H,9,14H2,1-8H3;1-2H3. The lowest BCUT2D eigenvalue weighted by Gasteiger charge is -2.58. The molecule has 0 spiro atoms. The van der Waals surface area contributed by atoms with Crippen molar-refractivity contribution >= 4 is 0 Å². The van der Waals surface area contributed by atoms with Crippen molar-refractivity contribution in [1.82, 2.24) is 0 Å². The number of hydrogen-bond acceptors (Lipinski definition) is 0. The van der Waals surface area contributed by atoms with Gasteiger partial charge in [-0.1, -0.05) is 93.5 Å². The fourth-order valence-electron chi connectivity index (χ4n) is 4.41. The Morgan fingerprint density at radius 1 is 0.818 bits per heavy atom. The average molecular weight is 303 g/mol. The minimum atomic E-state index is 0.223. The number of fused-ring (bicyclic) bond motifs is 1. The van der Waals surface area contributed by atoms with E-state index in [2.05, 4.69) is 79.7 Å². The summed E-state index contributed by atoms with van der Waals surface area (Å²) in [6, 6.07) is 9.14. The summed E-state index contributed by atoms with van der Waals surface area (Å²) < 4.78 is 0. The summed E-state index contributed by atoms with van der Waals surface area (Å²) in [5, 5.41) is 0. The Morgan fingerprint density at radius 3 is 1.82 bits per heavy atom. The zero-order valence-electron chi connectivity index (χ0n) is 16.7. The first-order valence-corrected chi connectivity index (χ1v) is 9.10. The van der Waals surface area contributed by atoms with Gasteiger partial charge in [0.25, 0.3) is 0 Å². The molecule has 1 aromatic rings. The van der Waals surface area contributed by atoms with E-state index in [1.54, 1.807) is 11.1 Å². The van der Waals surface area contributed by atoms with Crippen LogP contribution in [-0.4, -0.2) is 0 Å². The van der Waals surface area contributed by atoms with Crippen LogP contribution in [0.4, 0.5) is 0 Å². The van der Waals surface area contributed by atoms with E-state index in [0.717, 1.165) is 0 Å². The van der Waals surface area contributed by atoms with Crippen LogP contribution in [0, 0.1) is 16.2 Å². The van der Waals surface area contributed by atoms with Crippen molar-refractivity contribution in [2.75, 3.05) is 0 Å². The smallest absolute Gasteiger partial charge is 0.00188 e. The molecule has 1 aliphatic carbocycles. The molecule has 0 bridgehead atoms. The summed E-state index contributed by atoms with van der Waals surface area (Å²) in [4.78, 5) is 0. The molecule has 0 heterocycles. The Hall–Kier alpha value is -0.780. The molecule has 1 unspecified atom stereocenters. The SMILES string of the molecule is CC.CCC1(C)c2ccccc2CC(C)(C)C(C)(C)C1(C)C. The molecule has 0 radical (unpaired) electrons. The lowest BCUT2D eigenvalue weighted by molar-refractivity contribution is -0.0618. The quantitative estimate of drug-likeness (QED) is 0.489. The van der Waals surface area contributed by atoms with Gasteiger partial charge >= 0.3 is 0 Å². The number of benzene rings is 1. The van der Waals surface area contributed by atoms with E-state index in [-0.39, 0.29) is 16.2 Å². The van der Waals surface area contributed by atoms with Crippen LogP contribution in [0.3, 0.4) is 0 Å². The molecule has 0 fully saturated rings. The van der Waals surface area contributed by atoms with E-state index in [1.807, 2.05) is 13.8 Å². The molecule has 0 N–H and O–H groups in total. The molecule has 22 heavy (non-hydrogen) atoms. The van der Waals surface area contributed by atoms with Crippen molar-refractivity contribution in [3.8, 4) is 0 Å². The average Bonchev–Trinajstić information content (AvgIpc) is 2.50. The molecule has 0 nitrogen and oxygen atoms in total. The van der Waals surface area contributed by atoms with Crippen molar-refractivity contribution in [3.63, 3.8) is 0 Å².